The topological polar surface area (TPSA) is 84.7 Å². The molecule has 0 aliphatic carbocycles. The monoisotopic (exact) mass is 328 g/mol. The van der Waals surface area contributed by atoms with E-state index in [1.807, 2.05) is 39.1 Å². The highest BCUT2D eigenvalue weighted by Gasteiger charge is 2.16. The first-order valence-corrected chi connectivity index (χ1v) is 7.87. The fourth-order valence-electron chi connectivity index (χ4n) is 2.06. The predicted octanol–water partition coefficient (Wildman–Crippen LogP) is 2.88. The summed E-state index contributed by atoms with van der Waals surface area (Å²) in [4.78, 5) is 21.1. The zero-order valence-electron chi connectivity index (χ0n) is 13.0. The molecule has 0 unspecified atom stereocenters. The van der Waals surface area contributed by atoms with E-state index in [1.165, 1.54) is 11.3 Å². The molecule has 2 N–H and O–H groups in total. The Labute approximate surface area is 137 Å². The van der Waals surface area contributed by atoms with Crippen LogP contribution in [0.15, 0.2) is 29.8 Å². The molecule has 0 saturated heterocycles. The molecule has 1 amide bonds. The van der Waals surface area contributed by atoms with Crippen LogP contribution in [0.4, 0.5) is 17.3 Å². The second kappa shape index (κ2) is 6.17. The third-order valence-corrected chi connectivity index (χ3v) is 3.97. The molecule has 3 rings (SSSR count). The van der Waals surface area contributed by atoms with Crippen molar-refractivity contribution in [3.8, 4) is 0 Å². The molecule has 0 bridgehead atoms. The smallest absolute Gasteiger partial charge is 0.277 e. The Bertz CT molecular complexity index is 853. The molecule has 0 aliphatic heterocycles. The van der Waals surface area contributed by atoms with Crippen molar-refractivity contribution in [3.63, 3.8) is 0 Å². The number of nitrogens with one attached hydrogen (secondary N) is 2. The third-order valence-electron chi connectivity index (χ3n) is 3.19. The molecular formula is C15H16N6OS. The number of carbonyl (C=O) groups excluding carboxylic acids is 1. The molecular weight excluding hydrogens is 312 g/mol. The Hall–Kier alpha value is -2.74. The first-order valence-electron chi connectivity index (χ1n) is 6.99. The van der Waals surface area contributed by atoms with Crippen LogP contribution in [0.5, 0.6) is 0 Å². The average molecular weight is 328 g/mol. The molecule has 0 spiro atoms. The van der Waals surface area contributed by atoms with Gasteiger partial charge in [-0.1, -0.05) is 0 Å². The lowest BCUT2D eigenvalue weighted by Crippen LogP contribution is -2.17. The molecule has 8 heteroatoms. The van der Waals surface area contributed by atoms with Crippen molar-refractivity contribution in [2.75, 3.05) is 10.6 Å². The van der Waals surface area contributed by atoms with E-state index < -0.39 is 0 Å². The Balaban J connectivity index is 1.89. The number of nitrogens with zero attached hydrogens (tertiary/aromatic N) is 4. The highest BCUT2D eigenvalue weighted by molar-refractivity contribution is 7.09. The van der Waals surface area contributed by atoms with Gasteiger partial charge in [-0.25, -0.2) is 9.97 Å². The Morgan fingerprint density at radius 3 is 2.70 bits per heavy atom. The van der Waals surface area contributed by atoms with E-state index in [-0.39, 0.29) is 5.91 Å². The number of pyridine rings is 1. The van der Waals surface area contributed by atoms with E-state index in [9.17, 15) is 4.79 Å². The minimum atomic E-state index is -0.302. The Kier molecular flexibility index (Phi) is 4.07. The van der Waals surface area contributed by atoms with Gasteiger partial charge in [0.25, 0.3) is 5.91 Å². The van der Waals surface area contributed by atoms with Gasteiger partial charge in [0, 0.05) is 24.2 Å². The minimum absolute atomic E-state index is 0.302. The number of rotatable bonds is 4. The summed E-state index contributed by atoms with van der Waals surface area (Å²) in [5.74, 6) is 1.00. The van der Waals surface area contributed by atoms with Crippen LogP contribution in [0.25, 0.3) is 0 Å². The number of anilines is 3. The van der Waals surface area contributed by atoms with Crippen LogP contribution in [-0.2, 0) is 7.05 Å². The number of hydrogen-bond donors (Lipinski definition) is 2. The first kappa shape index (κ1) is 15.2. The van der Waals surface area contributed by atoms with Crippen LogP contribution < -0.4 is 10.6 Å². The van der Waals surface area contributed by atoms with E-state index in [0.717, 1.165) is 16.5 Å². The summed E-state index contributed by atoms with van der Waals surface area (Å²) in [6, 6.07) is 5.50. The minimum Gasteiger partial charge on any atom is -0.339 e. The summed E-state index contributed by atoms with van der Waals surface area (Å²) in [6.45, 7) is 3.73. The fraction of sp³-hybridized carbons (Fsp3) is 0.200. The van der Waals surface area contributed by atoms with Crippen molar-refractivity contribution in [2.24, 2.45) is 7.05 Å². The van der Waals surface area contributed by atoms with Crippen LogP contribution >= 0.6 is 11.3 Å². The zero-order valence-corrected chi connectivity index (χ0v) is 13.8. The van der Waals surface area contributed by atoms with E-state index in [0.29, 0.717) is 17.2 Å². The lowest BCUT2D eigenvalue weighted by molar-refractivity contribution is 0.102. The van der Waals surface area contributed by atoms with Gasteiger partial charge >= 0.3 is 0 Å². The molecule has 0 radical (unpaired) electrons. The number of carbonyl (C=O) groups is 1. The van der Waals surface area contributed by atoms with Crippen LogP contribution in [0, 0.1) is 13.8 Å². The number of aromatic nitrogens is 4. The molecule has 23 heavy (non-hydrogen) atoms. The molecule has 0 atom stereocenters. The zero-order chi connectivity index (χ0) is 16.4. The molecule has 0 saturated carbocycles. The number of aryl methyl sites for hydroxylation is 3. The van der Waals surface area contributed by atoms with Gasteiger partial charge in [-0.3, -0.25) is 9.48 Å². The van der Waals surface area contributed by atoms with E-state index >= 15 is 0 Å². The second-order valence-electron chi connectivity index (χ2n) is 5.02. The maximum absolute atomic E-state index is 12.5. The number of thiazole rings is 1. The van der Waals surface area contributed by atoms with Gasteiger partial charge in [0.05, 0.1) is 16.9 Å². The van der Waals surface area contributed by atoms with Crippen LogP contribution in [0.2, 0.25) is 0 Å². The van der Waals surface area contributed by atoms with Gasteiger partial charge in [0.1, 0.15) is 11.6 Å². The Morgan fingerprint density at radius 1 is 1.22 bits per heavy atom. The lowest BCUT2D eigenvalue weighted by Gasteiger charge is -2.11. The molecule has 3 aromatic heterocycles. The van der Waals surface area contributed by atoms with Gasteiger partial charge in [0.15, 0.2) is 5.69 Å². The van der Waals surface area contributed by atoms with Crippen LogP contribution in [0.3, 0.4) is 0 Å². The quantitative estimate of drug-likeness (QED) is 0.769. The summed E-state index contributed by atoms with van der Waals surface area (Å²) < 4.78 is 1.69. The summed E-state index contributed by atoms with van der Waals surface area (Å²) in [7, 11) is 1.82. The molecule has 7 nitrogen and oxygen atoms in total. The molecule has 3 heterocycles. The first-order chi connectivity index (χ1) is 11.0. The molecule has 3 aromatic rings. The summed E-state index contributed by atoms with van der Waals surface area (Å²) in [6.07, 6.45) is 1.68. The van der Waals surface area contributed by atoms with E-state index in [4.69, 9.17) is 0 Å². The van der Waals surface area contributed by atoms with Gasteiger partial charge in [-0.2, -0.15) is 5.10 Å². The van der Waals surface area contributed by atoms with Crippen LogP contribution in [0.1, 0.15) is 21.2 Å². The van der Waals surface area contributed by atoms with Crippen molar-refractivity contribution in [2.45, 2.75) is 13.8 Å². The van der Waals surface area contributed by atoms with Gasteiger partial charge in [-0.15, -0.1) is 11.3 Å². The van der Waals surface area contributed by atoms with E-state index in [1.54, 1.807) is 16.3 Å². The van der Waals surface area contributed by atoms with Gasteiger partial charge < -0.3 is 10.6 Å². The lowest BCUT2D eigenvalue weighted by atomic mass is 10.2. The van der Waals surface area contributed by atoms with Gasteiger partial charge in [0.2, 0.25) is 0 Å². The van der Waals surface area contributed by atoms with Crippen molar-refractivity contribution >= 4 is 34.6 Å². The van der Waals surface area contributed by atoms with Gasteiger partial charge in [-0.05, 0) is 26.0 Å². The second-order valence-corrected chi connectivity index (χ2v) is 6.08. The third kappa shape index (κ3) is 3.37. The maximum atomic E-state index is 12.5. The fourth-order valence-corrected chi connectivity index (χ4v) is 2.61. The molecule has 0 aromatic carbocycles. The standard InChI is InChI=1S/C15H16N6OS/c1-9-4-5-11(19-13-6-7-16-21(13)3)14(17-9)15(22)20-12-8-23-10(2)18-12/h4-8,19H,1-3H3,(H,20,22). The highest BCUT2D eigenvalue weighted by Crippen LogP contribution is 2.21. The average Bonchev–Trinajstić information content (AvgIpc) is 3.10. The number of amides is 1. The van der Waals surface area contributed by atoms with Crippen molar-refractivity contribution in [1.82, 2.24) is 19.7 Å². The Morgan fingerprint density at radius 2 is 2.04 bits per heavy atom. The largest absolute Gasteiger partial charge is 0.339 e. The van der Waals surface area contributed by atoms with E-state index in [2.05, 4.69) is 25.7 Å². The molecule has 0 aliphatic rings. The van der Waals surface area contributed by atoms with Crippen molar-refractivity contribution < 1.29 is 4.79 Å². The maximum Gasteiger partial charge on any atom is 0.277 e. The summed E-state index contributed by atoms with van der Waals surface area (Å²) in [5, 5.41) is 12.8. The normalized spacial score (nSPS) is 10.6. The summed E-state index contributed by atoms with van der Waals surface area (Å²) >= 11 is 1.48. The van der Waals surface area contributed by atoms with Crippen molar-refractivity contribution in [3.05, 3.63) is 46.2 Å². The molecule has 118 valence electrons. The van der Waals surface area contributed by atoms with Crippen LogP contribution in [-0.4, -0.2) is 25.7 Å². The predicted molar refractivity (Wildman–Crippen MR) is 90.3 cm³/mol. The highest BCUT2D eigenvalue weighted by atomic mass is 32.1. The molecule has 0 fully saturated rings. The SMILES string of the molecule is Cc1ccc(Nc2ccnn2C)c(C(=O)Nc2csc(C)n2)n1. The van der Waals surface area contributed by atoms with Crippen molar-refractivity contribution in [1.29, 1.82) is 0 Å². The number of hydrogen-bond acceptors (Lipinski definition) is 6. The summed E-state index contributed by atoms with van der Waals surface area (Å²) in [5.41, 5.74) is 1.70.